The smallest absolute Gasteiger partial charge is 0.222 e. The van der Waals surface area contributed by atoms with Crippen LogP contribution in [0.1, 0.15) is 25.8 Å². The van der Waals surface area contributed by atoms with Gasteiger partial charge < -0.3 is 9.47 Å². The first-order valence-corrected chi connectivity index (χ1v) is 6.32. The fourth-order valence-electron chi connectivity index (χ4n) is 1.76. The molecular formula is C13H15BrO2. The summed E-state index contributed by atoms with van der Waals surface area (Å²) in [6, 6.07) is 6.01. The molecule has 1 aliphatic rings. The van der Waals surface area contributed by atoms with Crippen LogP contribution < -0.4 is 4.74 Å². The molecule has 3 heteroatoms. The Hall–Kier alpha value is -0.800. The Labute approximate surface area is 104 Å². The van der Waals surface area contributed by atoms with Crippen molar-refractivity contribution < 1.29 is 9.47 Å². The summed E-state index contributed by atoms with van der Waals surface area (Å²) in [7, 11) is 0. The molecule has 0 aliphatic carbocycles. The van der Waals surface area contributed by atoms with E-state index >= 15 is 0 Å². The van der Waals surface area contributed by atoms with Gasteiger partial charge in [-0.2, -0.15) is 0 Å². The van der Waals surface area contributed by atoms with Crippen molar-refractivity contribution in [1.82, 2.24) is 0 Å². The second-order valence-electron chi connectivity index (χ2n) is 3.66. The molecule has 0 N–H and O–H groups in total. The Morgan fingerprint density at radius 1 is 1.38 bits per heavy atom. The zero-order chi connectivity index (χ0) is 11.5. The molecule has 16 heavy (non-hydrogen) atoms. The molecule has 0 saturated heterocycles. The Kier molecular flexibility index (Phi) is 3.66. The molecule has 0 unspecified atom stereocenters. The fourth-order valence-corrected chi connectivity index (χ4v) is 2.14. The summed E-state index contributed by atoms with van der Waals surface area (Å²) in [5.41, 5.74) is 2.30. The van der Waals surface area contributed by atoms with E-state index in [0.29, 0.717) is 6.61 Å². The zero-order valence-corrected chi connectivity index (χ0v) is 11.1. The molecule has 2 rings (SSSR count). The van der Waals surface area contributed by atoms with Gasteiger partial charge in [-0.25, -0.2) is 0 Å². The average Bonchev–Trinajstić information content (AvgIpc) is 2.29. The van der Waals surface area contributed by atoms with Crippen LogP contribution in [0, 0.1) is 0 Å². The third-order valence-corrected chi connectivity index (χ3v) is 3.07. The van der Waals surface area contributed by atoms with Crippen molar-refractivity contribution in [2.75, 3.05) is 6.61 Å². The van der Waals surface area contributed by atoms with Crippen LogP contribution >= 0.6 is 15.9 Å². The predicted octanol–water partition coefficient (Wildman–Crippen LogP) is 4.00. The van der Waals surface area contributed by atoms with Crippen molar-refractivity contribution in [3.05, 3.63) is 33.8 Å². The molecule has 0 bridgehead atoms. The monoisotopic (exact) mass is 282 g/mol. The van der Waals surface area contributed by atoms with Gasteiger partial charge in [-0.3, -0.25) is 0 Å². The number of rotatable bonds is 3. The lowest BCUT2D eigenvalue weighted by atomic mass is 10.0. The summed E-state index contributed by atoms with van der Waals surface area (Å²) in [6.45, 7) is 4.76. The second-order valence-corrected chi connectivity index (χ2v) is 4.58. The van der Waals surface area contributed by atoms with E-state index in [4.69, 9.17) is 9.47 Å². The highest BCUT2D eigenvalue weighted by Gasteiger charge is 2.21. The minimum Gasteiger partial charge on any atom is -0.460 e. The van der Waals surface area contributed by atoms with Crippen molar-refractivity contribution in [2.45, 2.75) is 26.6 Å². The highest BCUT2D eigenvalue weighted by molar-refractivity contribution is 9.10. The first-order chi connectivity index (χ1) is 7.74. The maximum atomic E-state index is 5.82. The van der Waals surface area contributed by atoms with Gasteiger partial charge in [0.2, 0.25) is 6.29 Å². The van der Waals surface area contributed by atoms with Gasteiger partial charge in [0.1, 0.15) is 5.75 Å². The predicted molar refractivity (Wildman–Crippen MR) is 68.5 cm³/mol. The molecule has 1 heterocycles. The Balaban J connectivity index is 2.34. The van der Waals surface area contributed by atoms with Crippen molar-refractivity contribution in [2.24, 2.45) is 0 Å². The topological polar surface area (TPSA) is 18.5 Å². The number of halogens is 1. The van der Waals surface area contributed by atoms with Crippen molar-refractivity contribution >= 4 is 22.0 Å². The lowest BCUT2D eigenvalue weighted by molar-refractivity contribution is -0.0513. The first kappa shape index (κ1) is 11.7. The van der Waals surface area contributed by atoms with Gasteiger partial charge in [-0.15, -0.1) is 0 Å². The third kappa shape index (κ3) is 2.30. The maximum Gasteiger partial charge on any atom is 0.222 e. The molecule has 0 amide bonds. The van der Waals surface area contributed by atoms with Crippen LogP contribution in [0.2, 0.25) is 0 Å². The van der Waals surface area contributed by atoms with Crippen LogP contribution in [0.4, 0.5) is 0 Å². The van der Waals surface area contributed by atoms with Crippen LogP contribution in [0.25, 0.3) is 6.08 Å². The van der Waals surface area contributed by atoms with E-state index in [-0.39, 0.29) is 6.29 Å². The molecule has 0 saturated carbocycles. The molecule has 0 fully saturated rings. The first-order valence-electron chi connectivity index (χ1n) is 5.53. The average molecular weight is 283 g/mol. The number of hydrogen-bond acceptors (Lipinski definition) is 2. The van der Waals surface area contributed by atoms with Gasteiger partial charge in [-0.1, -0.05) is 22.9 Å². The molecule has 1 aliphatic heterocycles. The quantitative estimate of drug-likeness (QED) is 0.834. The highest BCUT2D eigenvalue weighted by Crippen LogP contribution is 2.33. The van der Waals surface area contributed by atoms with Crippen LogP contribution in [0.15, 0.2) is 28.2 Å². The van der Waals surface area contributed by atoms with Crippen LogP contribution in [-0.4, -0.2) is 12.9 Å². The molecule has 1 atom stereocenters. The summed E-state index contributed by atoms with van der Waals surface area (Å²) in [5.74, 6) is 0.888. The lowest BCUT2D eigenvalue weighted by Gasteiger charge is -2.26. The van der Waals surface area contributed by atoms with E-state index in [2.05, 4.69) is 35.0 Å². The van der Waals surface area contributed by atoms with E-state index < -0.39 is 0 Å². The normalized spacial score (nSPS) is 18.7. The molecule has 0 radical (unpaired) electrons. The molecule has 86 valence electrons. The molecule has 0 aromatic heterocycles. The van der Waals surface area contributed by atoms with Gasteiger partial charge >= 0.3 is 0 Å². The van der Waals surface area contributed by atoms with E-state index in [0.717, 1.165) is 22.2 Å². The van der Waals surface area contributed by atoms with Gasteiger partial charge in [0.25, 0.3) is 0 Å². The summed E-state index contributed by atoms with van der Waals surface area (Å²) in [6.07, 6.45) is 2.88. The second kappa shape index (κ2) is 5.02. The zero-order valence-electron chi connectivity index (χ0n) is 9.50. The summed E-state index contributed by atoms with van der Waals surface area (Å²) >= 11 is 3.46. The molecule has 1 aromatic carbocycles. The Morgan fingerprint density at radius 3 is 2.88 bits per heavy atom. The van der Waals surface area contributed by atoms with E-state index in [1.807, 2.05) is 19.1 Å². The summed E-state index contributed by atoms with van der Waals surface area (Å²) < 4.78 is 12.5. The van der Waals surface area contributed by atoms with Gasteiger partial charge in [0, 0.05) is 16.6 Å². The SMILES string of the molecule is CCO[C@@H]1Oc2ccc(Br)cc2C=C1CC. The standard InChI is InChI=1S/C13H15BrO2/c1-3-9-7-10-8-11(14)5-6-12(10)16-13(9)15-4-2/h5-8,13H,3-4H2,1-2H3/t13-/m1/s1. The Morgan fingerprint density at radius 2 is 2.19 bits per heavy atom. The minimum absolute atomic E-state index is 0.219. The van der Waals surface area contributed by atoms with E-state index in [1.165, 1.54) is 5.57 Å². The van der Waals surface area contributed by atoms with Crippen LogP contribution in [0.5, 0.6) is 5.75 Å². The highest BCUT2D eigenvalue weighted by atomic mass is 79.9. The van der Waals surface area contributed by atoms with Crippen molar-refractivity contribution in [3.8, 4) is 5.75 Å². The minimum atomic E-state index is -0.219. The summed E-state index contributed by atoms with van der Waals surface area (Å²) in [4.78, 5) is 0. The largest absolute Gasteiger partial charge is 0.460 e. The van der Waals surface area contributed by atoms with E-state index in [9.17, 15) is 0 Å². The Bertz CT molecular complexity index is 412. The third-order valence-electron chi connectivity index (χ3n) is 2.58. The molecular weight excluding hydrogens is 268 g/mol. The molecule has 0 spiro atoms. The van der Waals surface area contributed by atoms with Gasteiger partial charge in [0.15, 0.2) is 0 Å². The molecule has 1 aromatic rings. The van der Waals surface area contributed by atoms with Crippen molar-refractivity contribution in [3.63, 3.8) is 0 Å². The van der Waals surface area contributed by atoms with Crippen LogP contribution in [0.3, 0.4) is 0 Å². The number of hydrogen-bond donors (Lipinski definition) is 0. The van der Waals surface area contributed by atoms with Gasteiger partial charge in [0.05, 0.1) is 0 Å². The van der Waals surface area contributed by atoms with E-state index in [1.54, 1.807) is 0 Å². The molecule has 2 nitrogen and oxygen atoms in total. The number of fused-ring (bicyclic) bond motifs is 1. The van der Waals surface area contributed by atoms with Crippen LogP contribution in [-0.2, 0) is 4.74 Å². The van der Waals surface area contributed by atoms with Gasteiger partial charge in [-0.05, 0) is 43.2 Å². The van der Waals surface area contributed by atoms with Crippen molar-refractivity contribution in [1.29, 1.82) is 0 Å². The lowest BCUT2D eigenvalue weighted by Crippen LogP contribution is -2.25. The number of benzene rings is 1. The fraction of sp³-hybridized carbons (Fsp3) is 0.385. The summed E-state index contributed by atoms with van der Waals surface area (Å²) in [5, 5.41) is 0. The maximum absolute atomic E-state index is 5.82. The number of ether oxygens (including phenoxy) is 2.